The summed E-state index contributed by atoms with van der Waals surface area (Å²) in [6, 6.07) is 0. The first-order valence-electron chi connectivity index (χ1n) is 6.63. The van der Waals surface area contributed by atoms with E-state index in [9.17, 15) is 8.42 Å². The molecule has 2 aliphatic rings. The lowest BCUT2D eigenvalue weighted by atomic mass is 9.84. The summed E-state index contributed by atoms with van der Waals surface area (Å²) in [5.41, 5.74) is -0.281. The smallest absolute Gasteiger partial charge is 0.214 e. The molecule has 2 rings (SSSR count). The van der Waals surface area contributed by atoms with E-state index in [4.69, 9.17) is 0 Å². The Balaban J connectivity index is 1.97. The lowest BCUT2D eigenvalue weighted by Crippen LogP contribution is -2.60. The molecule has 100 valence electrons. The zero-order valence-electron chi connectivity index (χ0n) is 10.9. The van der Waals surface area contributed by atoms with Crippen LogP contribution in [0.1, 0.15) is 39.5 Å². The van der Waals surface area contributed by atoms with Crippen LogP contribution >= 0.6 is 0 Å². The van der Waals surface area contributed by atoms with Crippen molar-refractivity contribution in [2.75, 3.05) is 25.4 Å². The summed E-state index contributed by atoms with van der Waals surface area (Å²) in [6.45, 7) is 6.13. The van der Waals surface area contributed by atoms with Gasteiger partial charge in [-0.15, -0.1) is 0 Å². The van der Waals surface area contributed by atoms with E-state index >= 15 is 0 Å². The molecule has 1 saturated carbocycles. The van der Waals surface area contributed by atoms with Crippen LogP contribution in [0, 0.1) is 5.92 Å². The number of nitrogens with zero attached hydrogens (tertiary/aromatic N) is 1. The lowest BCUT2D eigenvalue weighted by molar-refractivity contribution is 0.185. The lowest BCUT2D eigenvalue weighted by Gasteiger charge is -2.41. The maximum Gasteiger partial charge on any atom is 0.214 e. The largest absolute Gasteiger partial charge is 0.314 e. The minimum absolute atomic E-state index is 0.281. The molecule has 0 aromatic heterocycles. The highest BCUT2D eigenvalue weighted by molar-refractivity contribution is 7.89. The van der Waals surface area contributed by atoms with Crippen molar-refractivity contribution in [3.63, 3.8) is 0 Å². The molecule has 0 radical (unpaired) electrons. The van der Waals surface area contributed by atoms with Gasteiger partial charge in [-0.05, 0) is 26.2 Å². The van der Waals surface area contributed by atoms with Gasteiger partial charge < -0.3 is 5.32 Å². The van der Waals surface area contributed by atoms with Crippen LogP contribution in [-0.2, 0) is 10.0 Å². The molecule has 0 aromatic carbocycles. The quantitative estimate of drug-likeness (QED) is 0.826. The molecule has 4 nitrogen and oxygen atoms in total. The molecule has 2 fully saturated rings. The Hall–Kier alpha value is -0.130. The van der Waals surface area contributed by atoms with Crippen molar-refractivity contribution >= 4 is 10.0 Å². The molecule has 0 bridgehead atoms. The van der Waals surface area contributed by atoms with Crippen LogP contribution < -0.4 is 5.32 Å². The summed E-state index contributed by atoms with van der Waals surface area (Å²) < 4.78 is 26.4. The predicted molar refractivity (Wildman–Crippen MR) is 69.4 cm³/mol. The molecule has 0 amide bonds. The van der Waals surface area contributed by atoms with Crippen molar-refractivity contribution in [1.29, 1.82) is 0 Å². The van der Waals surface area contributed by atoms with E-state index in [2.05, 4.69) is 5.32 Å². The van der Waals surface area contributed by atoms with Crippen molar-refractivity contribution in [3.05, 3.63) is 0 Å². The standard InChI is InChI=1S/C12H24N2O2S/c1-12(2)10-13-7-8-14(12)17(15,16)9-6-11-4-3-5-11/h11,13H,3-10H2,1-2H3. The molecular formula is C12H24N2O2S. The first kappa shape index (κ1) is 13.3. The van der Waals surface area contributed by atoms with Gasteiger partial charge in [-0.2, -0.15) is 4.31 Å². The number of nitrogens with one attached hydrogen (secondary N) is 1. The van der Waals surface area contributed by atoms with Crippen LogP contribution in [0.4, 0.5) is 0 Å². The van der Waals surface area contributed by atoms with Crippen LogP contribution in [0.25, 0.3) is 0 Å². The topological polar surface area (TPSA) is 49.4 Å². The fourth-order valence-electron chi connectivity index (χ4n) is 2.69. The average Bonchev–Trinajstić information content (AvgIpc) is 2.13. The summed E-state index contributed by atoms with van der Waals surface area (Å²) in [5, 5.41) is 3.26. The highest BCUT2D eigenvalue weighted by Gasteiger charge is 2.38. The van der Waals surface area contributed by atoms with E-state index in [-0.39, 0.29) is 5.54 Å². The van der Waals surface area contributed by atoms with Crippen molar-refractivity contribution in [2.24, 2.45) is 5.92 Å². The van der Waals surface area contributed by atoms with E-state index < -0.39 is 10.0 Å². The third-order valence-electron chi connectivity index (χ3n) is 4.07. The van der Waals surface area contributed by atoms with Crippen molar-refractivity contribution < 1.29 is 8.42 Å². The van der Waals surface area contributed by atoms with Crippen molar-refractivity contribution in [3.8, 4) is 0 Å². The van der Waals surface area contributed by atoms with Gasteiger partial charge in [0.1, 0.15) is 0 Å². The van der Waals surface area contributed by atoms with Gasteiger partial charge in [0.05, 0.1) is 5.75 Å². The van der Waals surface area contributed by atoms with Gasteiger partial charge >= 0.3 is 0 Å². The Morgan fingerprint density at radius 1 is 1.35 bits per heavy atom. The van der Waals surface area contributed by atoms with E-state index in [1.165, 1.54) is 19.3 Å². The predicted octanol–water partition coefficient (Wildman–Crippen LogP) is 1.19. The van der Waals surface area contributed by atoms with Crippen LogP contribution in [0.15, 0.2) is 0 Å². The Morgan fingerprint density at radius 2 is 2.06 bits per heavy atom. The SMILES string of the molecule is CC1(C)CNCCN1S(=O)(=O)CCC1CCC1. The normalized spacial score (nSPS) is 26.7. The monoisotopic (exact) mass is 260 g/mol. The minimum Gasteiger partial charge on any atom is -0.314 e. The van der Waals surface area contributed by atoms with E-state index in [1.807, 2.05) is 13.8 Å². The fourth-order valence-corrected chi connectivity index (χ4v) is 4.73. The highest BCUT2D eigenvalue weighted by atomic mass is 32.2. The van der Waals surface area contributed by atoms with E-state index in [1.54, 1.807) is 4.31 Å². The first-order valence-corrected chi connectivity index (χ1v) is 8.24. The molecule has 1 heterocycles. The molecule has 1 aliphatic carbocycles. The molecule has 17 heavy (non-hydrogen) atoms. The zero-order valence-corrected chi connectivity index (χ0v) is 11.7. The van der Waals surface area contributed by atoms with Crippen molar-refractivity contribution in [2.45, 2.75) is 45.1 Å². The Kier molecular flexibility index (Phi) is 3.80. The highest BCUT2D eigenvalue weighted by Crippen LogP contribution is 2.31. The van der Waals surface area contributed by atoms with Crippen LogP contribution in [-0.4, -0.2) is 43.6 Å². The summed E-state index contributed by atoms with van der Waals surface area (Å²) in [6.07, 6.45) is 4.58. The molecule has 0 aromatic rings. The number of hydrogen-bond donors (Lipinski definition) is 1. The summed E-state index contributed by atoms with van der Waals surface area (Å²) in [7, 11) is -3.07. The molecule has 0 spiro atoms. The molecule has 1 saturated heterocycles. The third kappa shape index (κ3) is 3.01. The van der Waals surface area contributed by atoms with E-state index in [0.29, 0.717) is 18.2 Å². The van der Waals surface area contributed by atoms with Crippen LogP contribution in [0.5, 0.6) is 0 Å². The maximum absolute atomic E-state index is 12.3. The van der Waals surface area contributed by atoms with Crippen LogP contribution in [0.2, 0.25) is 0 Å². The molecule has 1 N–H and O–H groups in total. The van der Waals surface area contributed by atoms with E-state index in [0.717, 1.165) is 19.5 Å². The van der Waals surface area contributed by atoms with Gasteiger partial charge in [-0.1, -0.05) is 19.3 Å². The van der Waals surface area contributed by atoms with Crippen LogP contribution in [0.3, 0.4) is 0 Å². The summed E-state index contributed by atoms with van der Waals surface area (Å²) >= 11 is 0. The van der Waals surface area contributed by atoms with Gasteiger partial charge in [0.15, 0.2) is 0 Å². The molecular weight excluding hydrogens is 236 g/mol. The number of piperazine rings is 1. The molecule has 5 heteroatoms. The Labute approximate surface area is 105 Å². The van der Waals surface area contributed by atoms with Gasteiger partial charge in [0.2, 0.25) is 10.0 Å². The number of sulfonamides is 1. The van der Waals surface area contributed by atoms with Gasteiger partial charge in [-0.3, -0.25) is 0 Å². The second kappa shape index (κ2) is 4.86. The zero-order chi connectivity index (χ0) is 12.5. The van der Waals surface area contributed by atoms with Gasteiger partial charge in [-0.25, -0.2) is 8.42 Å². The van der Waals surface area contributed by atoms with Crippen molar-refractivity contribution in [1.82, 2.24) is 9.62 Å². The molecule has 0 atom stereocenters. The number of rotatable bonds is 4. The fraction of sp³-hybridized carbons (Fsp3) is 1.00. The molecule has 1 aliphatic heterocycles. The number of hydrogen-bond acceptors (Lipinski definition) is 3. The second-order valence-corrected chi connectivity index (χ2v) is 7.98. The third-order valence-corrected chi connectivity index (χ3v) is 6.17. The minimum atomic E-state index is -3.07. The Bertz CT molecular complexity index is 361. The first-order chi connectivity index (χ1) is 7.92. The summed E-state index contributed by atoms with van der Waals surface area (Å²) in [5.74, 6) is 0.997. The Morgan fingerprint density at radius 3 is 2.59 bits per heavy atom. The molecule has 0 unspecified atom stereocenters. The van der Waals surface area contributed by atoms with Gasteiger partial charge in [0.25, 0.3) is 0 Å². The van der Waals surface area contributed by atoms with Gasteiger partial charge in [0, 0.05) is 25.2 Å². The summed E-state index contributed by atoms with van der Waals surface area (Å²) in [4.78, 5) is 0. The maximum atomic E-state index is 12.3. The average molecular weight is 260 g/mol. The second-order valence-electron chi connectivity index (χ2n) is 5.96.